The van der Waals surface area contributed by atoms with Crippen molar-refractivity contribution in [1.29, 1.82) is 0 Å². The van der Waals surface area contributed by atoms with Gasteiger partial charge in [0.1, 0.15) is 0 Å². The van der Waals surface area contributed by atoms with Crippen molar-refractivity contribution in [1.82, 2.24) is 15.0 Å². The number of carboxylic acid groups (broad SMARTS) is 1. The summed E-state index contributed by atoms with van der Waals surface area (Å²) in [5.74, 6) is -0.807. The molecular formula is C14H9N3O3. The highest BCUT2D eigenvalue weighted by atomic mass is 16.5. The first-order valence-corrected chi connectivity index (χ1v) is 5.82. The molecule has 0 spiro atoms. The van der Waals surface area contributed by atoms with Crippen molar-refractivity contribution >= 4 is 17.0 Å². The van der Waals surface area contributed by atoms with Crippen LogP contribution in [0.3, 0.4) is 0 Å². The number of hydrogen-bond acceptors (Lipinski definition) is 5. The van der Waals surface area contributed by atoms with E-state index in [1.807, 2.05) is 18.2 Å². The summed E-state index contributed by atoms with van der Waals surface area (Å²) >= 11 is 0. The molecule has 1 N–H and O–H groups in total. The molecule has 0 aliphatic carbocycles. The molecule has 2 heterocycles. The maximum absolute atomic E-state index is 11.0. The predicted octanol–water partition coefficient (Wildman–Crippen LogP) is 2.52. The van der Waals surface area contributed by atoms with Gasteiger partial charge in [0.15, 0.2) is 11.4 Å². The van der Waals surface area contributed by atoms with Crippen molar-refractivity contribution in [2.24, 2.45) is 0 Å². The molecule has 0 saturated heterocycles. The van der Waals surface area contributed by atoms with Crippen molar-refractivity contribution in [2.45, 2.75) is 0 Å². The molecule has 6 heteroatoms. The number of aromatic nitrogens is 3. The molecule has 0 amide bonds. The molecule has 3 aromatic rings. The van der Waals surface area contributed by atoms with Gasteiger partial charge in [0.25, 0.3) is 0 Å². The average molecular weight is 267 g/mol. The van der Waals surface area contributed by atoms with Crippen LogP contribution in [0.4, 0.5) is 0 Å². The second kappa shape index (κ2) is 4.93. The van der Waals surface area contributed by atoms with Crippen molar-refractivity contribution in [3.8, 4) is 11.6 Å². The Hall–Kier alpha value is -3.02. The minimum Gasteiger partial charge on any atom is -0.476 e. The topological polar surface area (TPSA) is 85.2 Å². The largest absolute Gasteiger partial charge is 0.476 e. The zero-order valence-corrected chi connectivity index (χ0v) is 10.2. The molecule has 0 atom stereocenters. The summed E-state index contributed by atoms with van der Waals surface area (Å²) in [6.07, 6.45) is 2.84. The number of pyridine rings is 1. The van der Waals surface area contributed by atoms with E-state index in [9.17, 15) is 4.79 Å². The van der Waals surface area contributed by atoms with Crippen LogP contribution in [-0.4, -0.2) is 26.0 Å². The monoisotopic (exact) mass is 267 g/mol. The summed E-state index contributed by atoms with van der Waals surface area (Å²) in [4.78, 5) is 23.3. The first-order valence-electron chi connectivity index (χ1n) is 5.82. The Kier molecular flexibility index (Phi) is 2.96. The number of nitrogens with zero attached hydrogens (tertiary/aromatic N) is 3. The van der Waals surface area contributed by atoms with Gasteiger partial charge in [0.2, 0.25) is 5.88 Å². The van der Waals surface area contributed by atoms with Crippen LogP contribution in [0.2, 0.25) is 0 Å². The van der Waals surface area contributed by atoms with Crippen LogP contribution in [-0.2, 0) is 0 Å². The van der Waals surface area contributed by atoms with Crippen LogP contribution >= 0.6 is 0 Å². The van der Waals surface area contributed by atoms with Gasteiger partial charge in [-0.1, -0.05) is 12.1 Å². The molecule has 6 nitrogen and oxygen atoms in total. The molecule has 0 fully saturated rings. The highest BCUT2D eigenvalue weighted by Gasteiger charge is 2.13. The van der Waals surface area contributed by atoms with Gasteiger partial charge in [-0.2, -0.15) is 0 Å². The molecule has 3 rings (SSSR count). The van der Waals surface area contributed by atoms with E-state index < -0.39 is 5.97 Å². The SMILES string of the molecule is O=C(O)c1ncccc1Oc1cnc2ccccc2n1. The van der Waals surface area contributed by atoms with Crippen LogP contribution in [0.5, 0.6) is 11.6 Å². The number of carboxylic acids is 1. The lowest BCUT2D eigenvalue weighted by molar-refractivity contribution is 0.0687. The molecule has 1 aromatic carbocycles. The number of ether oxygens (including phenoxy) is 1. The molecular weight excluding hydrogens is 258 g/mol. The smallest absolute Gasteiger partial charge is 0.358 e. The van der Waals surface area contributed by atoms with Gasteiger partial charge in [-0.25, -0.2) is 19.7 Å². The van der Waals surface area contributed by atoms with Crippen LogP contribution in [0.15, 0.2) is 48.8 Å². The summed E-state index contributed by atoms with van der Waals surface area (Å²) in [5.41, 5.74) is 1.25. The minimum absolute atomic E-state index is 0.129. The lowest BCUT2D eigenvalue weighted by Crippen LogP contribution is -2.03. The second-order valence-electron chi connectivity index (χ2n) is 3.95. The van der Waals surface area contributed by atoms with E-state index >= 15 is 0 Å². The Bertz CT molecular complexity index is 789. The predicted molar refractivity (Wildman–Crippen MR) is 70.8 cm³/mol. The maximum Gasteiger partial charge on any atom is 0.358 e. The summed E-state index contributed by atoms with van der Waals surface area (Å²) in [7, 11) is 0. The van der Waals surface area contributed by atoms with Gasteiger partial charge in [-0.3, -0.25) is 0 Å². The van der Waals surface area contributed by atoms with Gasteiger partial charge in [-0.15, -0.1) is 0 Å². The van der Waals surface area contributed by atoms with E-state index in [1.165, 1.54) is 18.5 Å². The van der Waals surface area contributed by atoms with Crippen LogP contribution in [0.25, 0.3) is 11.0 Å². The molecule has 0 radical (unpaired) electrons. The molecule has 0 bridgehead atoms. The Balaban J connectivity index is 1.99. The average Bonchev–Trinajstić information content (AvgIpc) is 2.47. The Morgan fingerprint density at radius 3 is 2.65 bits per heavy atom. The first-order chi connectivity index (χ1) is 9.74. The molecule has 0 unspecified atom stereocenters. The number of fused-ring (bicyclic) bond motifs is 1. The fourth-order valence-corrected chi connectivity index (χ4v) is 1.74. The zero-order chi connectivity index (χ0) is 13.9. The maximum atomic E-state index is 11.0. The number of hydrogen-bond donors (Lipinski definition) is 1. The van der Waals surface area contributed by atoms with Gasteiger partial charge in [0.05, 0.1) is 17.2 Å². The van der Waals surface area contributed by atoms with Crippen molar-refractivity contribution in [3.63, 3.8) is 0 Å². The van der Waals surface area contributed by atoms with Crippen LogP contribution in [0, 0.1) is 0 Å². The third kappa shape index (κ3) is 2.26. The second-order valence-corrected chi connectivity index (χ2v) is 3.95. The quantitative estimate of drug-likeness (QED) is 0.784. The molecule has 2 aromatic heterocycles. The number of aromatic carboxylic acids is 1. The summed E-state index contributed by atoms with van der Waals surface area (Å²) < 4.78 is 5.46. The van der Waals surface area contributed by atoms with E-state index in [0.29, 0.717) is 5.52 Å². The van der Waals surface area contributed by atoms with Crippen molar-refractivity contribution in [2.75, 3.05) is 0 Å². The lowest BCUT2D eigenvalue weighted by Gasteiger charge is -2.07. The van der Waals surface area contributed by atoms with Crippen LogP contribution in [0.1, 0.15) is 10.5 Å². The van der Waals surface area contributed by atoms with Crippen LogP contribution < -0.4 is 4.74 Å². The normalized spacial score (nSPS) is 10.4. The Morgan fingerprint density at radius 2 is 1.85 bits per heavy atom. The molecule has 20 heavy (non-hydrogen) atoms. The number of para-hydroxylation sites is 2. The summed E-state index contributed by atoms with van der Waals surface area (Å²) in [6.45, 7) is 0. The standard InChI is InChI=1S/C14H9N3O3/c18-14(19)13-11(6-3-7-15-13)20-12-8-16-9-4-1-2-5-10(9)17-12/h1-8H,(H,18,19). The Labute approximate surface area is 113 Å². The third-order valence-electron chi connectivity index (χ3n) is 2.61. The molecule has 0 saturated carbocycles. The van der Waals surface area contributed by atoms with E-state index in [2.05, 4.69) is 15.0 Å². The van der Waals surface area contributed by atoms with Gasteiger partial charge >= 0.3 is 5.97 Å². The van der Waals surface area contributed by atoms with E-state index in [0.717, 1.165) is 5.52 Å². The number of rotatable bonds is 3. The lowest BCUT2D eigenvalue weighted by atomic mass is 10.3. The zero-order valence-electron chi connectivity index (χ0n) is 10.2. The van der Waals surface area contributed by atoms with E-state index in [1.54, 1.807) is 12.1 Å². The molecule has 0 aliphatic heterocycles. The number of carbonyl (C=O) groups is 1. The fraction of sp³-hybridized carbons (Fsp3) is 0. The molecule has 98 valence electrons. The minimum atomic E-state index is -1.16. The first kappa shape index (κ1) is 12.0. The van der Waals surface area contributed by atoms with E-state index in [4.69, 9.17) is 9.84 Å². The number of benzene rings is 1. The van der Waals surface area contributed by atoms with Crippen molar-refractivity contribution in [3.05, 3.63) is 54.5 Å². The highest BCUT2D eigenvalue weighted by molar-refractivity contribution is 5.88. The van der Waals surface area contributed by atoms with Gasteiger partial charge in [0, 0.05) is 6.20 Å². The van der Waals surface area contributed by atoms with Gasteiger partial charge < -0.3 is 9.84 Å². The van der Waals surface area contributed by atoms with Crippen molar-refractivity contribution < 1.29 is 14.6 Å². The summed E-state index contributed by atoms with van der Waals surface area (Å²) in [6, 6.07) is 10.5. The molecule has 0 aliphatic rings. The van der Waals surface area contributed by atoms with Gasteiger partial charge in [-0.05, 0) is 24.3 Å². The van der Waals surface area contributed by atoms with E-state index in [-0.39, 0.29) is 17.3 Å². The highest BCUT2D eigenvalue weighted by Crippen LogP contribution is 2.23. The summed E-state index contributed by atoms with van der Waals surface area (Å²) in [5, 5.41) is 9.04. The third-order valence-corrected chi connectivity index (χ3v) is 2.61. The Morgan fingerprint density at radius 1 is 1.05 bits per heavy atom. The fourth-order valence-electron chi connectivity index (χ4n) is 1.74.